The number of nitrogens with one attached hydrogen (secondary N) is 1. The van der Waals surface area contributed by atoms with Crippen molar-refractivity contribution in [2.24, 2.45) is 0 Å². The molecule has 1 N–H and O–H groups in total. The Morgan fingerprint density at radius 1 is 0.826 bits per heavy atom. The van der Waals surface area contributed by atoms with Crippen LogP contribution in [0.3, 0.4) is 0 Å². The average molecular weight is 305 g/mol. The molecule has 4 heteroatoms. The van der Waals surface area contributed by atoms with Gasteiger partial charge in [0.1, 0.15) is 5.82 Å². The maximum atomic E-state index is 14.9. The highest BCUT2D eigenvalue weighted by molar-refractivity contribution is 5.73. The fourth-order valence-electron chi connectivity index (χ4n) is 2.55. The molecule has 23 heavy (non-hydrogen) atoms. The van der Waals surface area contributed by atoms with Gasteiger partial charge in [0, 0.05) is 35.1 Å². The summed E-state index contributed by atoms with van der Waals surface area (Å²) in [6, 6.07) is 15.4. The topological polar surface area (TPSA) is 37.8 Å². The van der Waals surface area contributed by atoms with Crippen molar-refractivity contribution in [2.45, 2.75) is 18.9 Å². The van der Waals surface area contributed by atoms with Crippen molar-refractivity contribution >= 4 is 5.95 Å². The van der Waals surface area contributed by atoms with E-state index in [2.05, 4.69) is 15.3 Å². The van der Waals surface area contributed by atoms with Crippen molar-refractivity contribution < 1.29 is 4.39 Å². The Morgan fingerprint density at radius 3 is 2.13 bits per heavy atom. The SMILES string of the molecule is Fc1c(-c2ccccc2)cccc1-c1cnc(NC2CC2)nc1. The first-order chi connectivity index (χ1) is 11.3. The number of hydrogen-bond donors (Lipinski definition) is 1. The van der Waals surface area contributed by atoms with Crippen LogP contribution in [0.2, 0.25) is 0 Å². The van der Waals surface area contributed by atoms with E-state index in [0.717, 1.165) is 5.56 Å². The first kappa shape index (κ1) is 13.9. The van der Waals surface area contributed by atoms with Crippen molar-refractivity contribution in [3.05, 3.63) is 66.7 Å². The summed E-state index contributed by atoms with van der Waals surface area (Å²) in [5.74, 6) is 0.362. The number of nitrogens with zero attached hydrogens (tertiary/aromatic N) is 2. The molecule has 0 amide bonds. The van der Waals surface area contributed by atoms with Crippen molar-refractivity contribution in [3.8, 4) is 22.3 Å². The molecule has 0 saturated heterocycles. The third-order valence-electron chi connectivity index (χ3n) is 3.96. The molecule has 1 heterocycles. The molecular weight excluding hydrogens is 289 g/mol. The van der Waals surface area contributed by atoms with Gasteiger partial charge in [0.25, 0.3) is 0 Å². The highest BCUT2D eigenvalue weighted by Gasteiger charge is 2.21. The van der Waals surface area contributed by atoms with Crippen molar-refractivity contribution in [2.75, 3.05) is 5.32 Å². The fraction of sp³-hybridized carbons (Fsp3) is 0.158. The molecule has 4 rings (SSSR count). The number of hydrogen-bond acceptors (Lipinski definition) is 3. The molecule has 3 aromatic rings. The van der Waals surface area contributed by atoms with Gasteiger partial charge in [-0.25, -0.2) is 14.4 Å². The van der Waals surface area contributed by atoms with E-state index in [1.54, 1.807) is 24.5 Å². The third-order valence-corrected chi connectivity index (χ3v) is 3.96. The summed E-state index contributed by atoms with van der Waals surface area (Å²) >= 11 is 0. The minimum atomic E-state index is -0.245. The normalized spacial score (nSPS) is 13.8. The van der Waals surface area contributed by atoms with E-state index in [1.807, 2.05) is 36.4 Å². The maximum absolute atomic E-state index is 14.9. The molecule has 1 aliphatic carbocycles. The summed E-state index contributed by atoms with van der Waals surface area (Å²) in [4.78, 5) is 8.58. The summed E-state index contributed by atoms with van der Waals surface area (Å²) < 4.78 is 14.9. The van der Waals surface area contributed by atoms with Gasteiger partial charge in [0.05, 0.1) is 0 Å². The Hall–Kier alpha value is -2.75. The van der Waals surface area contributed by atoms with Crippen LogP contribution in [0.15, 0.2) is 60.9 Å². The lowest BCUT2D eigenvalue weighted by Crippen LogP contribution is -2.04. The van der Waals surface area contributed by atoms with E-state index < -0.39 is 0 Å². The molecule has 0 unspecified atom stereocenters. The number of benzene rings is 2. The molecule has 0 aliphatic heterocycles. The highest BCUT2D eigenvalue weighted by atomic mass is 19.1. The largest absolute Gasteiger partial charge is 0.351 e. The Balaban J connectivity index is 1.68. The molecule has 0 atom stereocenters. The van der Waals surface area contributed by atoms with E-state index in [4.69, 9.17) is 0 Å². The maximum Gasteiger partial charge on any atom is 0.222 e. The Morgan fingerprint density at radius 2 is 1.48 bits per heavy atom. The third kappa shape index (κ3) is 2.93. The summed E-state index contributed by atoms with van der Waals surface area (Å²) in [5.41, 5.74) is 2.65. The summed E-state index contributed by atoms with van der Waals surface area (Å²) in [7, 11) is 0. The van der Waals surface area contributed by atoms with Crippen LogP contribution < -0.4 is 5.32 Å². The Labute approximate surface area is 134 Å². The van der Waals surface area contributed by atoms with Crippen molar-refractivity contribution in [1.82, 2.24) is 9.97 Å². The lowest BCUT2D eigenvalue weighted by Gasteiger charge is -2.09. The number of anilines is 1. The minimum absolute atomic E-state index is 0.245. The molecule has 0 spiro atoms. The Kier molecular flexibility index (Phi) is 3.50. The van der Waals surface area contributed by atoms with Gasteiger partial charge in [-0.3, -0.25) is 0 Å². The molecule has 2 aromatic carbocycles. The molecule has 114 valence electrons. The molecule has 1 aromatic heterocycles. The van der Waals surface area contributed by atoms with Crippen LogP contribution >= 0.6 is 0 Å². The molecule has 0 radical (unpaired) electrons. The van der Waals surface area contributed by atoms with Gasteiger partial charge in [0.15, 0.2) is 0 Å². The Bertz CT molecular complexity index is 812. The van der Waals surface area contributed by atoms with Gasteiger partial charge in [-0.2, -0.15) is 0 Å². The zero-order valence-corrected chi connectivity index (χ0v) is 12.5. The van der Waals surface area contributed by atoms with Gasteiger partial charge in [-0.05, 0) is 18.4 Å². The van der Waals surface area contributed by atoms with E-state index in [9.17, 15) is 4.39 Å². The van der Waals surface area contributed by atoms with Crippen LogP contribution in [0, 0.1) is 5.82 Å². The van der Waals surface area contributed by atoms with E-state index in [-0.39, 0.29) is 5.82 Å². The summed E-state index contributed by atoms with van der Waals surface area (Å²) in [5, 5.41) is 3.23. The van der Waals surface area contributed by atoms with E-state index in [0.29, 0.717) is 28.7 Å². The van der Waals surface area contributed by atoms with Crippen LogP contribution in [0.1, 0.15) is 12.8 Å². The van der Waals surface area contributed by atoms with Crippen LogP contribution in [-0.2, 0) is 0 Å². The first-order valence-corrected chi connectivity index (χ1v) is 7.74. The zero-order chi connectivity index (χ0) is 15.6. The summed E-state index contributed by atoms with van der Waals surface area (Å²) in [6.45, 7) is 0. The average Bonchev–Trinajstić information content (AvgIpc) is 3.41. The highest BCUT2D eigenvalue weighted by Crippen LogP contribution is 2.30. The molecule has 3 nitrogen and oxygen atoms in total. The number of aromatic nitrogens is 2. The van der Waals surface area contributed by atoms with Gasteiger partial charge in [-0.1, -0.05) is 48.5 Å². The van der Waals surface area contributed by atoms with Gasteiger partial charge < -0.3 is 5.32 Å². The second kappa shape index (κ2) is 5.80. The zero-order valence-electron chi connectivity index (χ0n) is 12.5. The van der Waals surface area contributed by atoms with Crippen LogP contribution in [0.25, 0.3) is 22.3 Å². The number of rotatable bonds is 4. The first-order valence-electron chi connectivity index (χ1n) is 7.74. The predicted molar refractivity (Wildman–Crippen MR) is 89.5 cm³/mol. The minimum Gasteiger partial charge on any atom is -0.351 e. The van der Waals surface area contributed by atoms with Crippen LogP contribution in [0.4, 0.5) is 10.3 Å². The molecule has 1 fully saturated rings. The van der Waals surface area contributed by atoms with Crippen LogP contribution in [0.5, 0.6) is 0 Å². The monoisotopic (exact) mass is 305 g/mol. The van der Waals surface area contributed by atoms with Crippen molar-refractivity contribution in [3.63, 3.8) is 0 Å². The summed E-state index contributed by atoms with van der Waals surface area (Å²) in [6.07, 6.45) is 5.67. The van der Waals surface area contributed by atoms with Crippen LogP contribution in [-0.4, -0.2) is 16.0 Å². The van der Waals surface area contributed by atoms with Gasteiger partial charge >= 0.3 is 0 Å². The lowest BCUT2D eigenvalue weighted by molar-refractivity contribution is 0.634. The second-order valence-corrected chi connectivity index (χ2v) is 5.75. The molecular formula is C19H16FN3. The lowest BCUT2D eigenvalue weighted by atomic mass is 9.99. The number of halogens is 1. The fourth-order valence-corrected chi connectivity index (χ4v) is 2.55. The van der Waals surface area contributed by atoms with Gasteiger partial charge in [0.2, 0.25) is 5.95 Å². The quantitative estimate of drug-likeness (QED) is 0.770. The van der Waals surface area contributed by atoms with E-state index >= 15 is 0 Å². The molecule has 0 bridgehead atoms. The van der Waals surface area contributed by atoms with E-state index in [1.165, 1.54) is 12.8 Å². The predicted octanol–water partition coefficient (Wildman–Crippen LogP) is 4.52. The molecule has 1 aliphatic rings. The second-order valence-electron chi connectivity index (χ2n) is 5.75. The van der Waals surface area contributed by atoms with Crippen molar-refractivity contribution in [1.29, 1.82) is 0 Å². The smallest absolute Gasteiger partial charge is 0.222 e. The standard InChI is InChI=1S/C19H16FN3/c20-18-16(13-5-2-1-3-6-13)7-4-8-17(18)14-11-21-19(22-12-14)23-15-9-10-15/h1-8,11-12,15H,9-10H2,(H,21,22,23). The van der Waals surface area contributed by atoms with Gasteiger partial charge in [-0.15, -0.1) is 0 Å². The molecule has 1 saturated carbocycles.